The molecule has 96 valence electrons. The fourth-order valence-electron chi connectivity index (χ4n) is 2.47. The summed E-state index contributed by atoms with van der Waals surface area (Å²) >= 11 is 0. The molecule has 17 heavy (non-hydrogen) atoms. The van der Waals surface area contributed by atoms with Gasteiger partial charge in [0, 0.05) is 19.1 Å². The molecule has 0 aromatic carbocycles. The molecular formula is C12H22N4O. The fraction of sp³-hybridized carbons (Fsp3) is 0.833. The molecule has 1 saturated heterocycles. The summed E-state index contributed by atoms with van der Waals surface area (Å²) in [6.07, 6.45) is 3.99. The molecular weight excluding hydrogens is 216 g/mol. The number of rotatable bonds is 5. The van der Waals surface area contributed by atoms with Crippen LogP contribution in [-0.4, -0.2) is 34.5 Å². The molecule has 1 aliphatic rings. The van der Waals surface area contributed by atoms with Gasteiger partial charge in [0.05, 0.1) is 12.6 Å². The summed E-state index contributed by atoms with van der Waals surface area (Å²) in [6, 6.07) is 0.266. The summed E-state index contributed by atoms with van der Waals surface area (Å²) in [6.45, 7) is 7.76. The molecule has 1 aromatic rings. The standard InChI is InChI=1S/C12H22N4O/c1-3-13-11(10-6-5-7-17-8-10)12-14-9-15-16(12)4-2/h9-11,13H,3-8H2,1-2H3. The summed E-state index contributed by atoms with van der Waals surface area (Å²) in [5.41, 5.74) is 0. The normalized spacial score (nSPS) is 22.6. The van der Waals surface area contributed by atoms with Gasteiger partial charge in [-0.3, -0.25) is 0 Å². The van der Waals surface area contributed by atoms with Gasteiger partial charge in [-0.2, -0.15) is 5.10 Å². The van der Waals surface area contributed by atoms with Crippen LogP contribution in [0.25, 0.3) is 0 Å². The predicted molar refractivity (Wildman–Crippen MR) is 65.7 cm³/mol. The van der Waals surface area contributed by atoms with E-state index in [0.29, 0.717) is 5.92 Å². The van der Waals surface area contributed by atoms with E-state index in [1.165, 1.54) is 6.42 Å². The lowest BCUT2D eigenvalue weighted by Gasteiger charge is -2.30. The van der Waals surface area contributed by atoms with Gasteiger partial charge in [0.2, 0.25) is 0 Å². The van der Waals surface area contributed by atoms with Crippen LogP contribution in [0.5, 0.6) is 0 Å². The van der Waals surface area contributed by atoms with Gasteiger partial charge in [0.25, 0.3) is 0 Å². The van der Waals surface area contributed by atoms with Crippen LogP contribution in [0.15, 0.2) is 6.33 Å². The average molecular weight is 238 g/mol. The van der Waals surface area contributed by atoms with E-state index >= 15 is 0 Å². The molecule has 0 amide bonds. The average Bonchev–Trinajstić information content (AvgIpc) is 2.85. The monoisotopic (exact) mass is 238 g/mol. The lowest BCUT2D eigenvalue weighted by Crippen LogP contribution is -2.35. The Hall–Kier alpha value is -0.940. The summed E-state index contributed by atoms with van der Waals surface area (Å²) in [5.74, 6) is 1.56. The van der Waals surface area contributed by atoms with Gasteiger partial charge < -0.3 is 10.1 Å². The minimum Gasteiger partial charge on any atom is -0.381 e. The first kappa shape index (κ1) is 12.5. The maximum absolute atomic E-state index is 5.58. The molecule has 0 spiro atoms. The molecule has 5 nitrogen and oxygen atoms in total. The van der Waals surface area contributed by atoms with E-state index in [-0.39, 0.29) is 6.04 Å². The van der Waals surface area contributed by atoms with Crippen molar-refractivity contribution in [3.8, 4) is 0 Å². The van der Waals surface area contributed by atoms with Gasteiger partial charge in [-0.05, 0) is 26.3 Å². The van der Waals surface area contributed by atoms with Gasteiger partial charge in [-0.25, -0.2) is 9.67 Å². The summed E-state index contributed by atoms with van der Waals surface area (Å²) < 4.78 is 7.56. The topological polar surface area (TPSA) is 52.0 Å². The van der Waals surface area contributed by atoms with Crippen molar-refractivity contribution in [2.45, 2.75) is 39.3 Å². The van der Waals surface area contributed by atoms with Gasteiger partial charge in [-0.15, -0.1) is 0 Å². The van der Waals surface area contributed by atoms with E-state index in [4.69, 9.17) is 4.74 Å². The Bertz CT molecular complexity index is 333. The Morgan fingerprint density at radius 1 is 1.59 bits per heavy atom. The Kier molecular flexibility index (Phi) is 4.50. The maximum Gasteiger partial charge on any atom is 0.144 e. The third kappa shape index (κ3) is 2.84. The Morgan fingerprint density at radius 2 is 2.47 bits per heavy atom. The van der Waals surface area contributed by atoms with Crippen LogP contribution < -0.4 is 5.32 Å². The molecule has 2 unspecified atom stereocenters. The summed E-state index contributed by atoms with van der Waals surface area (Å²) in [7, 11) is 0. The van der Waals surface area contributed by atoms with Crippen LogP contribution in [0, 0.1) is 5.92 Å². The first-order valence-electron chi connectivity index (χ1n) is 6.55. The molecule has 1 aliphatic heterocycles. The molecule has 1 aromatic heterocycles. The lowest BCUT2D eigenvalue weighted by molar-refractivity contribution is 0.0372. The second-order valence-corrected chi connectivity index (χ2v) is 4.45. The number of nitrogens with one attached hydrogen (secondary N) is 1. The molecule has 0 radical (unpaired) electrons. The lowest BCUT2D eigenvalue weighted by atomic mass is 9.93. The SMILES string of the molecule is CCNC(c1ncnn1CC)C1CCCOC1. The van der Waals surface area contributed by atoms with Gasteiger partial charge in [0.15, 0.2) is 0 Å². The van der Waals surface area contributed by atoms with E-state index in [1.807, 2.05) is 4.68 Å². The predicted octanol–water partition coefficient (Wildman–Crippen LogP) is 1.38. The van der Waals surface area contributed by atoms with Crippen LogP contribution in [0.2, 0.25) is 0 Å². The quantitative estimate of drug-likeness (QED) is 0.842. The third-order valence-corrected chi connectivity index (χ3v) is 3.31. The van der Waals surface area contributed by atoms with Gasteiger partial charge in [0.1, 0.15) is 12.2 Å². The molecule has 1 fully saturated rings. The molecule has 2 heterocycles. The van der Waals surface area contributed by atoms with E-state index in [0.717, 1.165) is 38.5 Å². The van der Waals surface area contributed by atoms with Crippen molar-refractivity contribution in [1.82, 2.24) is 20.1 Å². The van der Waals surface area contributed by atoms with E-state index in [1.54, 1.807) is 6.33 Å². The Labute approximate surface area is 103 Å². The van der Waals surface area contributed by atoms with Crippen LogP contribution in [0.3, 0.4) is 0 Å². The van der Waals surface area contributed by atoms with Crippen molar-refractivity contribution in [3.63, 3.8) is 0 Å². The van der Waals surface area contributed by atoms with Crippen molar-refractivity contribution in [1.29, 1.82) is 0 Å². The molecule has 5 heteroatoms. The number of nitrogens with zero attached hydrogens (tertiary/aromatic N) is 3. The molecule has 2 atom stereocenters. The molecule has 0 bridgehead atoms. The Morgan fingerprint density at radius 3 is 3.12 bits per heavy atom. The molecule has 1 N–H and O–H groups in total. The van der Waals surface area contributed by atoms with Crippen LogP contribution in [-0.2, 0) is 11.3 Å². The highest BCUT2D eigenvalue weighted by atomic mass is 16.5. The second kappa shape index (κ2) is 6.12. The smallest absolute Gasteiger partial charge is 0.144 e. The first-order chi connectivity index (χ1) is 8.36. The number of hydrogen-bond acceptors (Lipinski definition) is 4. The fourth-order valence-corrected chi connectivity index (χ4v) is 2.47. The van der Waals surface area contributed by atoms with Gasteiger partial charge >= 0.3 is 0 Å². The van der Waals surface area contributed by atoms with E-state index in [9.17, 15) is 0 Å². The van der Waals surface area contributed by atoms with Crippen LogP contribution >= 0.6 is 0 Å². The Balaban J connectivity index is 2.15. The summed E-state index contributed by atoms with van der Waals surface area (Å²) in [4.78, 5) is 4.41. The molecule has 0 aliphatic carbocycles. The first-order valence-corrected chi connectivity index (χ1v) is 6.55. The van der Waals surface area contributed by atoms with Crippen LogP contribution in [0.1, 0.15) is 38.6 Å². The van der Waals surface area contributed by atoms with E-state index < -0.39 is 0 Å². The largest absolute Gasteiger partial charge is 0.381 e. The van der Waals surface area contributed by atoms with Crippen LogP contribution in [0.4, 0.5) is 0 Å². The van der Waals surface area contributed by atoms with Crippen molar-refractivity contribution < 1.29 is 4.74 Å². The molecule has 2 rings (SSSR count). The van der Waals surface area contributed by atoms with Crippen molar-refractivity contribution in [2.75, 3.05) is 19.8 Å². The highest BCUT2D eigenvalue weighted by Gasteiger charge is 2.28. The third-order valence-electron chi connectivity index (χ3n) is 3.31. The number of aryl methyl sites for hydroxylation is 1. The second-order valence-electron chi connectivity index (χ2n) is 4.45. The maximum atomic E-state index is 5.58. The van der Waals surface area contributed by atoms with Crippen molar-refractivity contribution in [2.24, 2.45) is 5.92 Å². The summed E-state index contributed by atoms with van der Waals surface area (Å²) in [5, 5.41) is 7.78. The van der Waals surface area contributed by atoms with Crippen molar-refractivity contribution >= 4 is 0 Å². The van der Waals surface area contributed by atoms with E-state index in [2.05, 4.69) is 29.2 Å². The minimum atomic E-state index is 0.266. The number of ether oxygens (including phenoxy) is 1. The minimum absolute atomic E-state index is 0.266. The number of hydrogen-bond donors (Lipinski definition) is 1. The van der Waals surface area contributed by atoms with Crippen molar-refractivity contribution in [3.05, 3.63) is 12.2 Å². The highest BCUT2D eigenvalue weighted by molar-refractivity contribution is 4.98. The zero-order valence-electron chi connectivity index (χ0n) is 10.7. The molecule has 0 saturated carbocycles. The zero-order valence-corrected chi connectivity index (χ0v) is 10.7. The zero-order chi connectivity index (χ0) is 12.1. The highest BCUT2D eigenvalue weighted by Crippen LogP contribution is 2.27. The van der Waals surface area contributed by atoms with Gasteiger partial charge in [-0.1, -0.05) is 6.92 Å². The number of aromatic nitrogens is 3.